The van der Waals surface area contributed by atoms with Gasteiger partial charge in [0.25, 0.3) is 0 Å². The first-order chi connectivity index (χ1) is 6.87. The summed E-state index contributed by atoms with van der Waals surface area (Å²) in [5.41, 5.74) is 0. The molecule has 1 heterocycles. The lowest BCUT2D eigenvalue weighted by molar-refractivity contribution is -0.332. The molecule has 4 N–H and O–H groups in total. The molecular weight excluding hydrogens is 208 g/mol. The zero-order valence-corrected chi connectivity index (χ0v) is 8.16. The molecule has 1 saturated heterocycles. The standard InChI is InChI=1S/C8H14O7/c1-4(9)14-3-8(13)7(12)6(11)5(10)2-15-8/h5-7,10-13H,2-3H2,1H3/t5-,6-,7+,8?/m1/s1. The lowest BCUT2D eigenvalue weighted by atomic mass is 9.97. The molecule has 4 atom stereocenters. The molecule has 88 valence electrons. The zero-order chi connectivity index (χ0) is 11.6. The second-order valence-corrected chi connectivity index (χ2v) is 3.44. The fraction of sp³-hybridized carbons (Fsp3) is 0.875. The average Bonchev–Trinajstić information content (AvgIpc) is 2.19. The molecule has 0 aromatic rings. The predicted molar refractivity (Wildman–Crippen MR) is 45.6 cm³/mol. The average molecular weight is 222 g/mol. The molecule has 0 saturated carbocycles. The first kappa shape index (κ1) is 12.3. The van der Waals surface area contributed by atoms with Crippen molar-refractivity contribution in [2.75, 3.05) is 13.2 Å². The van der Waals surface area contributed by atoms with Gasteiger partial charge in [-0.1, -0.05) is 0 Å². The van der Waals surface area contributed by atoms with E-state index in [9.17, 15) is 20.1 Å². The second kappa shape index (κ2) is 4.42. The molecular formula is C8H14O7. The van der Waals surface area contributed by atoms with Crippen LogP contribution in [0.4, 0.5) is 0 Å². The van der Waals surface area contributed by atoms with Crippen LogP contribution >= 0.6 is 0 Å². The number of ether oxygens (including phenoxy) is 2. The van der Waals surface area contributed by atoms with Gasteiger partial charge in [0.05, 0.1) is 6.61 Å². The van der Waals surface area contributed by atoms with Crippen LogP contribution in [0.2, 0.25) is 0 Å². The maximum Gasteiger partial charge on any atom is 0.302 e. The van der Waals surface area contributed by atoms with Crippen molar-refractivity contribution in [2.24, 2.45) is 0 Å². The quantitative estimate of drug-likeness (QED) is 0.377. The van der Waals surface area contributed by atoms with Gasteiger partial charge in [0.2, 0.25) is 5.79 Å². The van der Waals surface area contributed by atoms with Gasteiger partial charge >= 0.3 is 5.97 Å². The highest BCUT2D eigenvalue weighted by atomic mass is 16.7. The number of hydrogen-bond acceptors (Lipinski definition) is 7. The molecule has 7 heteroatoms. The normalized spacial score (nSPS) is 41.3. The smallest absolute Gasteiger partial charge is 0.302 e. The van der Waals surface area contributed by atoms with Crippen molar-refractivity contribution in [2.45, 2.75) is 31.0 Å². The Bertz CT molecular complexity index is 243. The Labute approximate surface area is 85.9 Å². The molecule has 0 bridgehead atoms. The highest BCUT2D eigenvalue weighted by Gasteiger charge is 2.49. The Hall–Kier alpha value is -0.730. The molecule has 1 unspecified atom stereocenters. The van der Waals surface area contributed by atoms with Gasteiger partial charge in [-0.25, -0.2) is 0 Å². The molecule has 0 radical (unpaired) electrons. The summed E-state index contributed by atoms with van der Waals surface area (Å²) in [6.45, 7) is 0.174. The van der Waals surface area contributed by atoms with E-state index in [4.69, 9.17) is 9.84 Å². The van der Waals surface area contributed by atoms with E-state index in [0.29, 0.717) is 0 Å². The summed E-state index contributed by atoms with van der Waals surface area (Å²) in [6.07, 6.45) is -4.56. The molecule has 1 fully saturated rings. The molecule has 0 aliphatic carbocycles. The Morgan fingerprint density at radius 3 is 2.67 bits per heavy atom. The summed E-state index contributed by atoms with van der Waals surface area (Å²) in [5, 5.41) is 37.4. The van der Waals surface area contributed by atoms with Crippen molar-refractivity contribution in [1.82, 2.24) is 0 Å². The minimum absolute atomic E-state index is 0.351. The monoisotopic (exact) mass is 222 g/mol. The minimum atomic E-state index is -2.18. The minimum Gasteiger partial charge on any atom is -0.460 e. The third-order valence-corrected chi connectivity index (χ3v) is 2.17. The van der Waals surface area contributed by atoms with Crippen LogP contribution in [0.1, 0.15) is 6.92 Å². The summed E-state index contributed by atoms with van der Waals surface area (Å²) in [4.78, 5) is 10.5. The fourth-order valence-corrected chi connectivity index (χ4v) is 1.22. The SMILES string of the molecule is CC(=O)OCC1(O)OC[C@@H](O)[C@@H](O)[C@@H]1O. The van der Waals surface area contributed by atoms with Crippen LogP contribution in [0.5, 0.6) is 0 Å². The molecule has 0 amide bonds. The van der Waals surface area contributed by atoms with Gasteiger partial charge in [0.15, 0.2) is 0 Å². The first-order valence-corrected chi connectivity index (χ1v) is 4.41. The number of rotatable bonds is 2. The van der Waals surface area contributed by atoms with E-state index in [1.54, 1.807) is 0 Å². The summed E-state index contributed by atoms with van der Waals surface area (Å²) in [7, 11) is 0. The highest BCUT2D eigenvalue weighted by molar-refractivity contribution is 5.65. The summed E-state index contributed by atoms with van der Waals surface area (Å²) >= 11 is 0. The highest BCUT2D eigenvalue weighted by Crippen LogP contribution is 2.24. The molecule has 1 aliphatic heterocycles. The van der Waals surface area contributed by atoms with Crippen LogP contribution in [0.3, 0.4) is 0 Å². The molecule has 7 nitrogen and oxygen atoms in total. The van der Waals surface area contributed by atoms with Gasteiger partial charge < -0.3 is 29.9 Å². The van der Waals surface area contributed by atoms with E-state index in [0.717, 1.165) is 6.92 Å². The summed E-state index contributed by atoms with van der Waals surface area (Å²) in [6, 6.07) is 0. The Morgan fingerprint density at radius 1 is 1.53 bits per heavy atom. The van der Waals surface area contributed by atoms with E-state index in [1.807, 2.05) is 0 Å². The Kier molecular flexibility index (Phi) is 3.63. The molecule has 0 aromatic heterocycles. The van der Waals surface area contributed by atoms with Crippen LogP contribution < -0.4 is 0 Å². The van der Waals surface area contributed by atoms with E-state index >= 15 is 0 Å². The summed E-state index contributed by atoms with van der Waals surface area (Å²) < 4.78 is 9.20. The molecule has 0 aromatic carbocycles. The van der Waals surface area contributed by atoms with Crippen LogP contribution in [0, 0.1) is 0 Å². The van der Waals surface area contributed by atoms with Crippen molar-refractivity contribution >= 4 is 5.97 Å². The number of carbonyl (C=O) groups is 1. The predicted octanol–water partition coefficient (Wildman–Crippen LogP) is -2.65. The Balaban J connectivity index is 2.63. The third-order valence-electron chi connectivity index (χ3n) is 2.17. The van der Waals surface area contributed by atoms with Gasteiger partial charge in [0, 0.05) is 6.92 Å². The van der Waals surface area contributed by atoms with Gasteiger partial charge in [-0.15, -0.1) is 0 Å². The zero-order valence-electron chi connectivity index (χ0n) is 8.16. The first-order valence-electron chi connectivity index (χ1n) is 4.41. The lowest BCUT2D eigenvalue weighted by Crippen LogP contribution is -2.62. The number of aliphatic hydroxyl groups excluding tert-OH is 3. The summed E-state index contributed by atoms with van der Waals surface area (Å²) in [5.74, 6) is -2.83. The van der Waals surface area contributed by atoms with E-state index < -0.39 is 36.7 Å². The number of esters is 1. The lowest BCUT2D eigenvalue weighted by Gasteiger charge is -2.40. The van der Waals surface area contributed by atoms with Gasteiger partial charge in [-0.3, -0.25) is 4.79 Å². The van der Waals surface area contributed by atoms with E-state index in [-0.39, 0.29) is 6.61 Å². The molecule has 1 rings (SSSR count). The van der Waals surface area contributed by atoms with Crippen molar-refractivity contribution in [3.63, 3.8) is 0 Å². The van der Waals surface area contributed by atoms with Gasteiger partial charge in [-0.2, -0.15) is 0 Å². The number of carbonyl (C=O) groups excluding carboxylic acids is 1. The number of hydrogen-bond donors (Lipinski definition) is 4. The van der Waals surface area contributed by atoms with Crippen molar-refractivity contribution in [1.29, 1.82) is 0 Å². The van der Waals surface area contributed by atoms with Crippen LogP contribution in [-0.4, -0.2) is 63.7 Å². The maximum absolute atomic E-state index is 10.5. The largest absolute Gasteiger partial charge is 0.460 e. The van der Waals surface area contributed by atoms with Gasteiger partial charge in [-0.05, 0) is 0 Å². The van der Waals surface area contributed by atoms with Crippen LogP contribution in [-0.2, 0) is 14.3 Å². The van der Waals surface area contributed by atoms with E-state index in [1.165, 1.54) is 0 Å². The molecule has 0 spiro atoms. The van der Waals surface area contributed by atoms with Crippen LogP contribution in [0.25, 0.3) is 0 Å². The Morgan fingerprint density at radius 2 is 2.13 bits per heavy atom. The van der Waals surface area contributed by atoms with Crippen molar-refractivity contribution in [3.8, 4) is 0 Å². The second-order valence-electron chi connectivity index (χ2n) is 3.44. The van der Waals surface area contributed by atoms with Gasteiger partial charge in [0.1, 0.15) is 24.9 Å². The number of aliphatic hydroxyl groups is 4. The molecule has 1 aliphatic rings. The van der Waals surface area contributed by atoms with E-state index in [2.05, 4.69) is 4.74 Å². The third kappa shape index (κ3) is 2.64. The topological polar surface area (TPSA) is 116 Å². The van der Waals surface area contributed by atoms with Crippen molar-refractivity contribution < 1.29 is 34.7 Å². The maximum atomic E-state index is 10.5. The fourth-order valence-electron chi connectivity index (χ4n) is 1.22. The van der Waals surface area contributed by atoms with Crippen molar-refractivity contribution in [3.05, 3.63) is 0 Å². The van der Waals surface area contributed by atoms with Crippen LogP contribution in [0.15, 0.2) is 0 Å². The molecule has 15 heavy (non-hydrogen) atoms.